The average molecular weight is 352 g/mol. The Kier molecular flexibility index (Phi) is 5.46. The smallest absolute Gasteiger partial charge is 0.253 e. The highest BCUT2D eigenvalue weighted by atomic mass is 16.5. The molecule has 3 rings (SSSR count). The monoisotopic (exact) mass is 352 g/mol. The number of hydrogen-bond donors (Lipinski definition) is 2. The van der Waals surface area contributed by atoms with Gasteiger partial charge in [-0.1, -0.05) is 11.6 Å². The summed E-state index contributed by atoms with van der Waals surface area (Å²) in [7, 11) is 0. The van der Waals surface area contributed by atoms with Gasteiger partial charge in [0.05, 0.1) is 18.9 Å². The second-order valence-electron chi connectivity index (χ2n) is 6.09. The highest BCUT2D eigenvalue weighted by molar-refractivity contribution is 5.79. The molecule has 1 heterocycles. The van der Waals surface area contributed by atoms with Gasteiger partial charge in [-0.05, 0) is 56.5 Å². The Labute approximate surface area is 153 Å². The fraction of sp³-hybridized carbons (Fsp3) is 0.286. The molecule has 2 aromatic carbocycles. The number of H-pyrrole nitrogens is 1. The molecule has 2 N–H and O–H groups in total. The Morgan fingerprint density at radius 3 is 2.58 bits per heavy atom. The second-order valence-corrected chi connectivity index (χ2v) is 6.09. The van der Waals surface area contributed by atoms with Crippen LogP contribution >= 0.6 is 0 Å². The van der Waals surface area contributed by atoms with Crippen LogP contribution in [0.5, 0.6) is 11.5 Å². The number of rotatable bonds is 7. The molecule has 26 heavy (non-hydrogen) atoms. The largest absolute Gasteiger partial charge is 0.494 e. The Hall–Kier alpha value is -2.95. The van der Waals surface area contributed by atoms with Crippen molar-refractivity contribution in [3.05, 3.63) is 63.9 Å². The molecule has 3 aromatic rings. The molecule has 0 amide bonds. The number of hydrogen-bond acceptors (Lipinski definition) is 4. The van der Waals surface area contributed by atoms with Crippen LogP contribution < -0.4 is 20.3 Å². The lowest BCUT2D eigenvalue weighted by Crippen LogP contribution is -2.16. The molecule has 0 saturated heterocycles. The van der Waals surface area contributed by atoms with Gasteiger partial charge < -0.3 is 19.8 Å². The van der Waals surface area contributed by atoms with Crippen LogP contribution in [0.15, 0.2) is 47.3 Å². The minimum atomic E-state index is -0.0854. The van der Waals surface area contributed by atoms with Gasteiger partial charge in [-0.2, -0.15) is 0 Å². The third-order valence-corrected chi connectivity index (χ3v) is 4.11. The van der Waals surface area contributed by atoms with E-state index >= 15 is 0 Å². The summed E-state index contributed by atoms with van der Waals surface area (Å²) in [6, 6.07) is 13.6. The van der Waals surface area contributed by atoms with Crippen molar-refractivity contribution in [2.45, 2.75) is 27.3 Å². The summed E-state index contributed by atoms with van der Waals surface area (Å²) in [5, 5.41) is 4.33. The maximum atomic E-state index is 12.3. The molecule has 0 unspecified atom stereocenters. The van der Waals surface area contributed by atoms with Gasteiger partial charge in [0.2, 0.25) is 0 Å². The minimum absolute atomic E-state index is 0.0854. The third kappa shape index (κ3) is 3.99. The molecular weight excluding hydrogens is 328 g/mol. The zero-order chi connectivity index (χ0) is 18.5. The number of ether oxygens (including phenoxy) is 2. The minimum Gasteiger partial charge on any atom is -0.494 e. The fourth-order valence-corrected chi connectivity index (χ4v) is 2.87. The van der Waals surface area contributed by atoms with Crippen molar-refractivity contribution < 1.29 is 9.47 Å². The number of anilines is 1. The van der Waals surface area contributed by atoms with Crippen LogP contribution in [-0.4, -0.2) is 18.2 Å². The topological polar surface area (TPSA) is 63.3 Å². The number of aromatic amines is 1. The number of fused-ring (bicyclic) bond motifs is 1. The summed E-state index contributed by atoms with van der Waals surface area (Å²) in [6.45, 7) is 7.49. The van der Waals surface area contributed by atoms with E-state index in [1.54, 1.807) is 0 Å². The van der Waals surface area contributed by atoms with Crippen LogP contribution in [0, 0.1) is 6.92 Å². The summed E-state index contributed by atoms with van der Waals surface area (Å²) >= 11 is 0. The lowest BCUT2D eigenvalue weighted by Gasteiger charge is -2.14. The van der Waals surface area contributed by atoms with Crippen molar-refractivity contribution >= 4 is 16.6 Å². The van der Waals surface area contributed by atoms with E-state index in [1.807, 2.05) is 57.2 Å². The summed E-state index contributed by atoms with van der Waals surface area (Å²) in [5.74, 6) is 1.48. The Bertz CT molecular complexity index is 963. The molecule has 0 aliphatic heterocycles. The zero-order valence-electron chi connectivity index (χ0n) is 15.4. The molecule has 1 aromatic heterocycles. The van der Waals surface area contributed by atoms with E-state index in [-0.39, 0.29) is 5.56 Å². The van der Waals surface area contributed by atoms with Gasteiger partial charge in [0.15, 0.2) is 0 Å². The molecule has 0 radical (unpaired) electrons. The molecule has 0 bridgehead atoms. The SMILES string of the molecule is CCOc1ccc(NCc2cc3cc(C)ccc3[nH]c2=O)c(OCC)c1. The zero-order valence-corrected chi connectivity index (χ0v) is 15.4. The maximum absolute atomic E-state index is 12.3. The number of aryl methyl sites for hydroxylation is 1. The average Bonchev–Trinajstić information content (AvgIpc) is 2.62. The van der Waals surface area contributed by atoms with Gasteiger partial charge in [0.25, 0.3) is 5.56 Å². The van der Waals surface area contributed by atoms with Gasteiger partial charge in [0, 0.05) is 23.7 Å². The second kappa shape index (κ2) is 7.95. The van der Waals surface area contributed by atoms with E-state index < -0.39 is 0 Å². The van der Waals surface area contributed by atoms with Crippen LogP contribution in [0.1, 0.15) is 25.0 Å². The molecule has 0 spiro atoms. The first-order chi connectivity index (χ1) is 12.6. The van der Waals surface area contributed by atoms with Crippen molar-refractivity contribution in [1.29, 1.82) is 0 Å². The van der Waals surface area contributed by atoms with E-state index in [0.717, 1.165) is 27.9 Å². The molecular formula is C21H24N2O3. The van der Waals surface area contributed by atoms with Crippen molar-refractivity contribution in [1.82, 2.24) is 4.98 Å². The molecule has 5 nitrogen and oxygen atoms in total. The molecule has 0 aliphatic carbocycles. The predicted molar refractivity (Wildman–Crippen MR) is 105 cm³/mol. The van der Waals surface area contributed by atoms with E-state index in [2.05, 4.69) is 16.4 Å². The van der Waals surface area contributed by atoms with Crippen LogP contribution in [-0.2, 0) is 6.54 Å². The maximum Gasteiger partial charge on any atom is 0.253 e. The van der Waals surface area contributed by atoms with Crippen molar-refractivity contribution in [2.24, 2.45) is 0 Å². The first kappa shape index (κ1) is 17.9. The van der Waals surface area contributed by atoms with Gasteiger partial charge in [-0.3, -0.25) is 4.79 Å². The van der Waals surface area contributed by atoms with Crippen molar-refractivity contribution in [2.75, 3.05) is 18.5 Å². The first-order valence-corrected chi connectivity index (χ1v) is 8.86. The highest BCUT2D eigenvalue weighted by Gasteiger charge is 2.08. The predicted octanol–water partition coefficient (Wildman–Crippen LogP) is 4.25. The van der Waals surface area contributed by atoms with Crippen LogP contribution in [0.2, 0.25) is 0 Å². The first-order valence-electron chi connectivity index (χ1n) is 8.86. The number of aromatic nitrogens is 1. The number of nitrogens with one attached hydrogen (secondary N) is 2. The number of benzene rings is 2. The highest BCUT2D eigenvalue weighted by Crippen LogP contribution is 2.30. The molecule has 0 fully saturated rings. The number of pyridine rings is 1. The van der Waals surface area contributed by atoms with Crippen molar-refractivity contribution in [3.8, 4) is 11.5 Å². The Balaban J connectivity index is 1.85. The van der Waals surface area contributed by atoms with E-state index in [9.17, 15) is 4.79 Å². The Morgan fingerprint density at radius 2 is 1.81 bits per heavy atom. The van der Waals surface area contributed by atoms with Gasteiger partial charge in [-0.15, -0.1) is 0 Å². The summed E-state index contributed by atoms with van der Waals surface area (Å²) in [5.41, 5.74) is 3.44. The van der Waals surface area contributed by atoms with E-state index in [0.29, 0.717) is 31.1 Å². The van der Waals surface area contributed by atoms with E-state index in [1.165, 1.54) is 0 Å². The molecule has 5 heteroatoms. The summed E-state index contributed by atoms with van der Waals surface area (Å²) in [4.78, 5) is 15.3. The lowest BCUT2D eigenvalue weighted by atomic mass is 10.1. The molecule has 136 valence electrons. The normalized spacial score (nSPS) is 10.7. The summed E-state index contributed by atoms with van der Waals surface area (Å²) in [6.07, 6.45) is 0. The van der Waals surface area contributed by atoms with Gasteiger partial charge in [0.1, 0.15) is 11.5 Å². The lowest BCUT2D eigenvalue weighted by molar-refractivity contribution is 0.324. The van der Waals surface area contributed by atoms with Crippen LogP contribution in [0.3, 0.4) is 0 Å². The molecule has 0 saturated carbocycles. The summed E-state index contributed by atoms with van der Waals surface area (Å²) < 4.78 is 11.2. The van der Waals surface area contributed by atoms with Gasteiger partial charge in [-0.25, -0.2) is 0 Å². The third-order valence-electron chi connectivity index (χ3n) is 4.11. The standard InChI is InChI=1S/C21H24N2O3/c1-4-25-17-7-9-19(20(12-17)26-5-2)22-13-16-11-15-10-14(3)6-8-18(15)23-21(16)24/h6-12,22H,4-5,13H2,1-3H3,(H,23,24). The molecule has 0 aliphatic rings. The van der Waals surface area contributed by atoms with E-state index in [4.69, 9.17) is 9.47 Å². The molecule has 0 atom stereocenters. The van der Waals surface area contributed by atoms with Crippen LogP contribution in [0.4, 0.5) is 5.69 Å². The van der Waals surface area contributed by atoms with Crippen molar-refractivity contribution in [3.63, 3.8) is 0 Å². The van der Waals surface area contributed by atoms with Gasteiger partial charge >= 0.3 is 0 Å². The van der Waals surface area contributed by atoms with Crippen LogP contribution in [0.25, 0.3) is 10.9 Å². The fourth-order valence-electron chi connectivity index (χ4n) is 2.87. The Morgan fingerprint density at radius 1 is 1.00 bits per heavy atom. The quantitative estimate of drug-likeness (QED) is 0.667.